The summed E-state index contributed by atoms with van der Waals surface area (Å²) in [6.45, 7) is 0.797. The molecule has 0 radical (unpaired) electrons. The van der Waals surface area contributed by atoms with E-state index in [2.05, 4.69) is 10.5 Å². The zero-order chi connectivity index (χ0) is 9.19. The molecule has 68 valence electrons. The molecule has 0 aliphatic carbocycles. The van der Waals surface area contributed by atoms with Gasteiger partial charge in [0.15, 0.2) is 6.23 Å². The van der Waals surface area contributed by atoms with Gasteiger partial charge in [-0.1, -0.05) is 0 Å². The third kappa shape index (κ3) is 2.01. The van der Waals surface area contributed by atoms with Gasteiger partial charge in [-0.2, -0.15) is 13.9 Å². The van der Waals surface area contributed by atoms with Crippen LogP contribution in [0.15, 0.2) is 17.3 Å². The summed E-state index contributed by atoms with van der Waals surface area (Å²) >= 11 is 0. The second kappa shape index (κ2) is 3.18. The fourth-order valence-electron chi connectivity index (χ4n) is 0.768. The van der Waals surface area contributed by atoms with E-state index in [0.29, 0.717) is 0 Å². The number of rotatable bonds is 2. The van der Waals surface area contributed by atoms with Gasteiger partial charge in [0.05, 0.1) is 0 Å². The molecule has 1 heterocycles. The summed E-state index contributed by atoms with van der Waals surface area (Å²) in [7, 11) is 1.46. The van der Waals surface area contributed by atoms with Gasteiger partial charge in [-0.05, 0) is 12.2 Å². The van der Waals surface area contributed by atoms with Crippen LogP contribution in [0.5, 0.6) is 0 Å². The predicted octanol–water partition coefficient (Wildman–Crippen LogP) is 1.13. The highest BCUT2D eigenvalue weighted by atomic mass is 19.3. The Balaban J connectivity index is 2.64. The van der Waals surface area contributed by atoms with E-state index >= 15 is 0 Å². The maximum absolute atomic E-state index is 12.6. The van der Waals surface area contributed by atoms with Crippen molar-refractivity contribution in [3.05, 3.63) is 12.2 Å². The molecule has 0 saturated carbocycles. The predicted molar refractivity (Wildman–Crippen MR) is 41.1 cm³/mol. The average molecular weight is 176 g/mol. The zero-order valence-electron chi connectivity index (χ0n) is 6.84. The molecule has 5 heteroatoms. The summed E-state index contributed by atoms with van der Waals surface area (Å²) in [6.07, 6.45) is 2.33. The molecule has 1 rings (SSSR count). The Labute approximate surface area is 69.1 Å². The number of nitrogens with zero attached hydrogens (tertiary/aromatic N) is 1. The summed E-state index contributed by atoms with van der Waals surface area (Å²) < 4.78 is 30.0. The van der Waals surface area contributed by atoms with Gasteiger partial charge in [-0.15, -0.1) is 0 Å². The van der Waals surface area contributed by atoms with Crippen LogP contribution in [0.3, 0.4) is 0 Å². The Bertz CT molecular complexity index is 220. The maximum Gasteiger partial charge on any atom is 0.288 e. The van der Waals surface area contributed by atoms with Gasteiger partial charge in [0.1, 0.15) is 5.71 Å². The number of hydrogen-bond donors (Lipinski definition) is 1. The minimum absolute atomic E-state index is 0.282. The first-order valence-corrected chi connectivity index (χ1v) is 3.46. The molecule has 1 atom stereocenters. The standard InChI is InChI=1S/C7H10F2N2O/c1-7(8,9)5-3-4-6(12-2)11-10-5/h3-4,6,11H,1-2H3. The number of ether oxygens (including phenoxy) is 1. The van der Waals surface area contributed by atoms with Crippen LogP contribution in [0.25, 0.3) is 0 Å². The third-order valence-electron chi connectivity index (χ3n) is 1.44. The molecule has 3 nitrogen and oxygen atoms in total. The number of methoxy groups -OCH3 is 1. The maximum atomic E-state index is 12.6. The smallest absolute Gasteiger partial charge is 0.288 e. The van der Waals surface area contributed by atoms with Crippen LogP contribution in [-0.4, -0.2) is 25.0 Å². The van der Waals surface area contributed by atoms with Gasteiger partial charge < -0.3 is 4.74 Å². The van der Waals surface area contributed by atoms with Gasteiger partial charge >= 0.3 is 0 Å². The van der Waals surface area contributed by atoms with Crippen molar-refractivity contribution in [3.63, 3.8) is 0 Å². The van der Waals surface area contributed by atoms with Gasteiger partial charge in [0.2, 0.25) is 0 Å². The summed E-state index contributed by atoms with van der Waals surface area (Å²) in [4.78, 5) is 0. The number of nitrogens with one attached hydrogen (secondary N) is 1. The van der Waals surface area contributed by atoms with E-state index in [4.69, 9.17) is 4.74 Å². The lowest BCUT2D eigenvalue weighted by Gasteiger charge is -2.18. The molecular formula is C7H10F2N2O. The van der Waals surface area contributed by atoms with Gasteiger partial charge in [-0.3, -0.25) is 5.43 Å². The summed E-state index contributed by atoms with van der Waals surface area (Å²) in [5, 5.41) is 3.46. The first-order valence-electron chi connectivity index (χ1n) is 3.46. The minimum Gasteiger partial charge on any atom is -0.357 e. The lowest BCUT2D eigenvalue weighted by Crippen LogP contribution is -2.34. The summed E-state index contributed by atoms with van der Waals surface area (Å²) in [5.74, 6) is -2.90. The van der Waals surface area contributed by atoms with Crippen molar-refractivity contribution in [3.8, 4) is 0 Å². The Kier molecular flexibility index (Phi) is 2.42. The highest BCUT2D eigenvalue weighted by Crippen LogP contribution is 2.16. The largest absolute Gasteiger partial charge is 0.357 e. The van der Waals surface area contributed by atoms with Crippen molar-refractivity contribution in [2.24, 2.45) is 5.10 Å². The Morgan fingerprint density at radius 1 is 1.67 bits per heavy atom. The Hall–Kier alpha value is -0.970. The molecule has 1 N–H and O–H groups in total. The van der Waals surface area contributed by atoms with Crippen LogP contribution in [0, 0.1) is 0 Å². The number of hydrazone groups is 1. The van der Waals surface area contributed by atoms with Crippen LogP contribution in [0.1, 0.15) is 6.92 Å². The van der Waals surface area contributed by atoms with Crippen LogP contribution < -0.4 is 5.43 Å². The van der Waals surface area contributed by atoms with Gasteiger partial charge in [-0.25, -0.2) is 0 Å². The van der Waals surface area contributed by atoms with E-state index in [0.717, 1.165) is 6.92 Å². The topological polar surface area (TPSA) is 33.6 Å². The Morgan fingerprint density at radius 3 is 2.67 bits per heavy atom. The fourth-order valence-corrected chi connectivity index (χ4v) is 0.768. The van der Waals surface area contributed by atoms with Crippen molar-refractivity contribution in [1.29, 1.82) is 0 Å². The molecule has 0 aromatic heterocycles. The summed E-state index contributed by atoms with van der Waals surface area (Å²) in [5.41, 5.74) is 2.14. The molecule has 0 aromatic carbocycles. The summed E-state index contributed by atoms with van der Waals surface area (Å²) in [6, 6.07) is 0. The average Bonchev–Trinajstić information content (AvgIpc) is 2.03. The zero-order valence-corrected chi connectivity index (χ0v) is 6.84. The molecule has 0 spiro atoms. The van der Waals surface area contributed by atoms with Crippen molar-refractivity contribution in [2.75, 3.05) is 7.11 Å². The van der Waals surface area contributed by atoms with Crippen molar-refractivity contribution in [2.45, 2.75) is 19.1 Å². The molecule has 0 saturated heterocycles. The highest BCUT2D eigenvalue weighted by Gasteiger charge is 2.29. The molecule has 0 fully saturated rings. The fraction of sp³-hybridized carbons (Fsp3) is 0.571. The first kappa shape index (κ1) is 9.12. The molecule has 12 heavy (non-hydrogen) atoms. The van der Waals surface area contributed by atoms with E-state index in [9.17, 15) is 8.78 Å². The van der Waals surface area contributed by atoms with Gasteiger partial charge in [0.25, 0.3) is 5.92 Å². The molecular weight excluding hydrogens is 166 g/mol. The van der Waals surface area contributed by atoms with Crippen LogP contribution in [-0.2, 0) is 4.74 Å². The van der Waals surface area contributed by atoms with Crippen LogP contribution in [0.4, 0.5) is 8.78 Å². The Morgan fingerprint density at radius 2 is 2.33 bits per heavy atom. The molecule has 1 aliphatic heterocycles. The number of hydrogen-bond acceptors (Lipinski definition) is 3. The number of allylic oxidation sites excluding steroid dienone is 1. The second-order valence-corrected chi connectivity index (χ2v) is 2.53. The second-order valence-electron chi connectivity index (χ2n) is 2.53. The lowest BCUT2D eigenvalue weighted by atomic mass is 10.2. The van der Waals surface area contributed by atoms with Crippen molar-refractivity contribution < 1.29 is 13.5 Å². The van der Waals surface area contributed by atoms with E-state index in [-0.39, 0.29) is 5.71 Å². The van der Waals surface area contributed by atoms with E-state index in [1.54, 1.807) is 0 Å². The minimum atomic E-state index is -2.90. The SMILES string of the molecule is COC1C=CC(C(C)(F)F)=NN1. The molecule has 1 aliphatic rings. The molecule has 0 amide bonds. The van der Waals surface area contributed by atoms with E-state index in [1.165, 1.54) is 19.3 Å². The van der Waals surface area contributed by atoms with Crippen LogP contribution >= 0.6 is 0 Å². The number of alkyl halides is 2. The van der Waals surface area contributed by atoms with Crippen LogP contribution in [0.2, 0.25) is 0 Å². The van der Waals surface area contributed by atoms with E-state index < -0.39 is 12.2 Å². The normalized spacial score (nSPS) is 23.3. The quantitative estimate of drug-likeness (QED) is 0.684. The van der Waals surface area contributed by atoms with E-state index in [1.807, 2.05) is 0 Å². The first-order chi connectivity index (χ1) is 5.54. The lowest BCUT2D eigenvalue weighted by molar-refractivity contribution is 0.0916. The van der Waals surface area contributed by atoms with Gasteiger partial charge in [0, 0.05) is 14.0 Å². The molecule has 0 bridgehead atoms. The third-order valence-corrected chi connectivity index (χ3v) is 1.44. The van der Waals surface area contributed by atoms with Crippen molar-refractivity contribution in [1.82, 2.24) is 5.43 Å². The monoisotopic (exact) mass is 176 g/mol. The number of halogens is 2. The molecule has 1 unspecified atom stereocenters. The molecule has 0 aromatic rings. The highest BCUT2D eigenvalue weighted by molar-refractivity contribution is 6.00. The van der Waals surface area contributed by atoms with Crippen molar-refractivity contribution >= 4 is 5.71 Å².